The van der Waals surface area contributed by atoms with E-state index >= 15 is 0 Å². The Hall–Kier alpha value is -0.590. The molecule has 1 aromatic rings. The second-order valence-electron chi connectivity index (χ2n) is 4.70. The molecule has 0 heterocycles. The van der Waals surface area contributed by atoms with Crippen molar-refractivity contribution in [1.29, 1.82) is 0 Å². The van der Waals surface area contributed by atoms with Crippen molar-refractivity contribution in [2.45, 2.75) is 39.5 Å². The lowest BCUT2D eigenvalue weighted by molar-refractivity contribution is 0.482. The van der Waals surface area contributed by atoms with E-state index in [4.69, 9.17) is 12.2 Å². The zero-order valence-electron chi connectivity index (χ0n) is 12.6. The third kappa shape index (κ3) is 3.96. The van der Waals surface area contributed by atoms with Crippen LogP contribution in [0.15, 0.2) is 17.0 Å². The Kier molecular flexibility index (Phi) is 6.04. The van der Waals surface area contributed by atoms with Gasteiger partial charge < -0.3 is 4.90 Å². The van der Waals surface area contributed by atoms with Crippen LogP contribution < -0.4 is 0 Å². The topological polar surface area (TPSA) is 37.4 Å². The Morgan fingerprint density at radius 1 is 1.15 bits per heavy atom. The van der Waals surface area contributed by atoms with Crippen LogP contribution in [0, 0.1) is 20.8 Å². The number of benzene rings is 1. The van der Waals surface area contributed by atoms with Gasteiger partial charge in [0.1, 0.15) is 0 Å². The predicted molar refractivity (Wildman–Crippen MR) is 90.9 cm³/mol. The van der Waals surface area contributed by atoms with Crippen LogP contribution >= 0.6 is 23.0 Å². The first-order valence-corrected chi connectivity index (χ1v) is 9.76. The van der Waals surface area contributed by atoms with Gasteiger partial charge in [0.25, 0.3) is 0 Å². The highest BCUT2D eigenvalue weighted by Crippen LogP contribution is 2.31. The molecule has 0 unspecified atom stereocenters. The summed E-state index contributed by atoms with van der Waals surface area (Å²) in [7, 11) is -2.69. The molecular weight excluding hydrogens is 310 g/mol. The summed E-state index contributed by atoms with van der Waals surface area (Å²) in [5.74, 6) is 0. The first kappa shape index (κ1) is 17.5. The van der Waals surface area contributed by atoms with Gasteiger partial charge in [-0.25, -0.2) is 8.42 Å². The van der Waals surface area contributed by atoms with Crippen LogP contribution in [0.5, 0.6) is 0 Å². The van der Waals surface area contributed by atoms with E-state index in [1.54, 1.807) is 0 Å². The van der Waals surface area contributed by atoms with E-state index in [1.807, 2.05) is 51.7 Å². The summed E-state index contributed by atoms with van der Waals surface area (Å²) < 4.78 is 25.6. The number of rotatable bonds is 4. The Bertz CT molecular complexity index is 582. The summed E-state index contributed by atoms with van der Waals surface area (Å²) >= 11 is 5.24. The molecule has 0 saturated carbocycles. The average Bonchev–Trinajstić information content (AvgIpc) is 2.27. The lowest BCUT2D eigenvalue weighted by Gasteiger charge is -2.21. The molecule has 0 aliphatic rings. The van der Waals surface area contributed by atoms with Crippen LogP contribution in [0.25, 0.3) is 0 Å². The van der Waals surface area contributed by atoms with Crippen LogP contribution in [0.2, 0.25) is 0 Å². The number of hydrogen-bond donors (Lipinski definition) is 0. The zero-order valence-corrected chi connectivity index (χ0v) is 15.0. The maximum atomic E-state index is 12.6. The Morgan fingerprint density at radius 3 is 2.00 bits per heavy atom. The lowest BCUT2D eigenvalue weighted by atomic mass is 10.1. The van der Waals surface area contributed by atoms with Crippen LogP contribution in [0.3, 0.4) is 0 Å². The van der Waals surface area contributed by atoms with Gasteiger partial charge in [0.15, 0.2) is 4.32 Å². The molecule has 1 rings (SSSR count). The molecule has 0 saturated heterocycles. The van der Waals surface area contributed by atoms with E-state index in [0.29, 0.717) is 22.3 Å². The maximum absolute atomic E-state index is 12.6. The molecule has 0 aliphatic carbocycles. The fourth-order valence-corrected chi connectivity index (χ4v) is 6.75. The third-order valence-corrected chi connectivity index (χ3v) is 7.28. The van der Waals surface area contributed by atoms with Crippen LogP contribution in [0.4, 0.5) is 0 Å². The normalized spacial score (nSPS) is 11.4. The van der Waals surface area contributed by atoms with Crippen molar-refractivity contribution in [1.82, 2.24) is 4.90 Å². The van der Waals surface area contributed by atoms with Crippen molar-refractivity contribution in [3.63, 3.8) is 0 Å². The Balaban J connectivity index is 3.16. The minimum absolute atomic E-state index is 0.391. The molecule has 1 aromatic carbocycles. The zero-order chi connectivity index (χ0) is 15.5. The fourth-order valence-electron chi connectivity index (χ4n) is 2.23. The SMILES string of the molecule is CCN(CC)C(=S)SS(=O)(=O)c1c(C)cc(C)cc1C. The second kappa shape index (κ2) is 6.91. The molecule has 112 valence electrons. The summed E-state index contributed by atoms with van der Waals surface area (Å²) in [6.07, 6.45) is 0. The Labute approximate surface area is 131 Å². The van der Waals surface area contributed by atoms with Gasteiger partial charge in [-0.05, 0) is 45.7 Å². The van der Waals surface area contributed by atoms with Crippen LogP contribution in [0.1, 0.15) is 30.5 Å². The minimum atomic E-state index is -3.47. The molecule has 6 heteroatoms. The van der Waals surface area contributed by atoms with Crippen molar-refractivity contribution in [2.24, 2.45) is 0 Å². The van der Waals surface area contributed by atoms with Crippen LogP contribution in [-0.2, 0) is 8.87 Å². The van der Waals surface area contributed by atoms with Gasteiger partial charge in [0.2, 0.25) is 8.87 Å². The van der Waals surface area contributed by atoms with Crippen molar-refractivity contribution in [3.05, 3.63) is 28.8 Å². The van der Waals surface area contributed by atoms with Crippen molar-refractivity contribution in [2.75, 3.05) is 13.1 Å². The standard InChI is InChI=1S/C14H21NO2S3/c1-6-15(7-2)14(18)19-20(16,17)13-11(4)8-10(3)9-12(13)5/h8-9H,6-7H2,1-5H3. The van der Waals surface area contributed by atoms with Crippen molar-refractivity contribution >= 4 is 36.2 Å². The molecule has 0 spiro atoms. The van der Waals surface area contributed by atoms with Gasteiger partial charge in [-0.3, -0.25) is 0 Å². The molecular formula is C14H21NO2S3. The van der Waals surface area contributed by atoms with E-state index in [9.17, 15) is 8.42 Å². The highest BCUT2D eigenvalue weighted by Gasteiger charge is 2.24. The number of hydrogen-bond acceptors (Lipinski definition) is 4. The third-order valence-electron chi connectivity index (χ3n) is 3.06. The fraction of sp³-hybridized carbons (Fsp3) is 0.500. The molecule has 0 fully saturated rings. The molecule has 20 heavy (non-hydrogen) atoms. The Morgan fingerprint density at radius 2 is 1.60 bits per heavy atom. The number of nitrogens with zero attached hydrogens (tertiary/aromatic N) is 1. The first-order valence-electron chi connectivity index (χ1n) is 6.54. The smallest absolute Gasteiger partial charge is 0.237 e. The van der Waals surface area contributed by atoms with E-state index in [1.165, 1.54) is 0 Å². The van der Waals surface area contributed by atoms with Gasteiger partial charge in [-0.15, -0.1) is 0 Å². The second-order valence-corrected chi connectivity index (χ2v) is 9.03. The average molecular weight is 332 g/mol. The summed E-state index contributed by atoms with van der Waals surface area (Å²) in [5.41, 5.74) is 2.62. The summed E-state index contributed by atoms with van der Waals surface area (Å²) in [5, 5.41) is 0. The molecule has 3 nitrogen and oxygen atoms in total. The van der Waals surface area contributed by atoms with E-state index in [0.717, 1.165) is 27.5 Å². The molecule has 0 aliphatic heterocycles. The molecule has 0 bridgehead atoms. The largest absolute Gasteiger partial charge is 0.357 e. The van der Waals surface area contributed by atoms with Gasteiger partial charge in [0.05, 0.1) is 4.90 Å². The van der Waals surface area contributed by atoms with Gasteiger partial charge in [-0.2, -0.15) is 0 Å². The molecule has 0 amide bonds. The highest BCUT2D eigenvalue weighted by atomic mass is 33.1. The minimum Gasteiger partial charge on any atom is -0.357 e. The lowest BCUT2D eigenvalue weighted by Crippen LogP contribution is -2.27. The summed E-state index contributed by atoms with van der Waals surface area (Å²) in [6.45, 7) is 11.0. The number of thiocarbonyl (C=S) groups is 1. The molecule has 0 aromatic heterocycles. The maximum Gasteiger partial charge on any atom is 0.237 e. The highest BCUT2D eigenvalue weighted by molar-refractivity contribution is 8.79. The summed E-state index contributed by atoms with van der Waals surface area (Å²) in [4.78, 5) is 2.26. The first-order chi connectivity index (χ1) is 9.22. The van der Waals surface area contributed by atoms with Gasteiger partial charge >= 0.3 is 0 Å². The molecule has 0 N–H and O–H groups in total. The molecule has 0 radical (unpaired) electrons. The van der Waals surface area contributed by atoms with Crippen molar-refractivity contribution in [3.8, 4) is 0 Å². The van der Waals surface area contributed by atoms with E-state index in [-0.39, 0.29) is 0 Å². The van der Waals surface area contributed by atoms with E-state index < -0.39 is 8.87 Å². The number of aryl methyl sites for hydroxylation is 3. The predicted octanol–water partition coefficient (Wildman–Crippen LogP) is 3.66. The van der Waals surface area contributed by atoms with E-state index in [2.05, 4.69) is 0 Å². The van der Waals surface area contributed by atoms with Gasteiger partial charge in [-0.1, -0.05) is 29.9 Å². The van der Waals surface area contributed by atoms with Crippen molar-refractivity contribution < 1.29 is 8.42 Å². The quantitative estimate of drug-likeness (QED) is 0.622. The van der Waals surface area contributed by atoms with Crippen LogP contribution in [-0.4, -0.2) is 30.7 Å². The van der Waals surface area contributed by atoms with Gasteiger partial charge in [0, 0.05) is 23.9 Å². The molecule has 0 atom stereocenters. The monoisotopic (exact) mass is 331 g/mol. The summed E-state index contributed by atoms with van der Waals surface area (Å²) in [6, 6.07) is 3.78.